The number of thiocarbonyl (C=S) groups is 1. The summed E-state index contributed by atoms with van der Waals surface area (Å²) in [6, 6.07) is 26.7. The zero-order chi connectivity index (χ0) is 20.1. The number of benzene rings is 3. The highest BCUT2D eigenvalue weighted by Gasteiger charge is 2.29. The number of nitrogens with zero attached hydrogens (tertiary/aromatic N) is 4. The fraction of sp³-hybridized carbons (Fsp3) is 0.0870. The molecule has 0 aromatic heterocycles. The van der Waals surface area contributed by atoms with Crippen molar-refractivity contribution in [3.63, 3.8) is 0 Å². The summed E-state index contributed by atoms with van der Waals surface area (Å²) in [5.41, 5.74) is 3.96. The van der Waals surface area contributed by atoms with Crippen LogP contribution in [0.5, 0.6) is 5.75 Å². The number of ether oxygens (including phenoxy) is 1. The van der Waals surface area contributed by atoms with Gasteiger partial charge in [-0.2, -0.15) is 10.2 Å². The summed E-state index contributed by atoms with van der Waals surface area (Å²) in [5.74, 6) is 0.652. The first kappa shape index (κ1) is 18.8. The van der Waals surface area contributed by atoms with Gasteiger partial charge in [0, 0.05) is 0 Å². The summed E-state index contributed by atoms with van der Waals surface area (Å²) in [6.07, 6.45) is 0. The number of methoxy groups -OCH3 is 1. The van der Waals surface area contributed by atoms with Crippen molar-refractivity contribution in [1.82, 2.24) is 0 Å². The van der Waals surface area contributed by atoms with Crippen molar-refractivity contribution in [2.24, 2.45) is 20.2 Å². The van der Waals surface area contributed by atoms with E-state index >= 15 is 0 Å². The highest BCUT2D eigenvalue weighted by Crippen LogP contribution is 2.28. The Morgan fingerprint density at radius 3 is 1.83 bits per heavy atom. The third-order valence-corrected chi connectivity index (χ3v) is 4.64. The Morgan fingerprint density at radius 2 is 1.28 bits per heavy atom. The maximum absolute atomic E-state index is 5.39. The second kappa shape index (κ2) is 8.67. The smallest absolute Gasteiger partial charge is 0.219 e. The summed E-state index contributed by atoms with van der Waals surface area (Å²) in [7, 11) is 1.61. The molecule has 0 saturated carbocycles. The molecule has 6 heteroatoms. The Balaban J connectivity index is 1.81. The molecule has 3 aromatic rings. The molecule has 0 amide bonds. The molecule has 3 aromatic carbocycles. The predicted octanol–water partition coefficient (Wildman–Crippen LogP) is 5.42. The van der Waals surface area contributed by atoms with Gasteiger partial charge in [0.25, 0.3) is 0 Å². The minimum absolute atomic E-state index is 0.284. The number of aliphatic imine (C=N–C) groups is 2. The van der Waals surface area contributed by atoms with Crippen LogP contribution in [0.4, 0.5) is 5.69 Å². The molecule has 0 radical (unpaired) electrons. The average Bonchev–Trinajstić information content (AvgIpc) is 2.79. The Bertz CT molecular complexity index is 1050. The largest absolute Gasteiger partial charge is 0.494 e. The van der Waals surface area contributed by atoms with Crippen LogP contribution < -0.4 is 4.74 Å². The van der Waals surface area contributed by atoms with Crippen LogP contribution in [0.1, 0.15) is 11.1 Å². The van der Waals surface area contributed by atoms with E-state index in [-0.39, 0.29) is 5.11 Å². The van der Waals surface area contributed by atoms with E-state index < -0.39 is 6.04 Å². The number of rotatable bonds is 5. The highest BCUT2D eigenvalue weighted by atomic mass is 32.1. The molecule has 1 aliphatic heterocycles. The second-order valence-electron chi connectivity index (χ2n) is 6.30. The van der Waals surface area contributed by atoms with E-state index in [4.69, 9.17) is 17.0 Å². The third-order valence-electron chi connectivity index (χ3n) is 4.46. The quantitative estimate of drug-likeness (QED) is 0.425. The Kier molecular flexibility index (Phi) is 5.63. The van der Waals surface area contributed by atoms with Crippen molar-refractivity contribution in [3.05, 3.63) is 96.1 Å². The SMILES string of the molecule is COc1ccccc1N=NC1C(c2ccccc2)=NC(=S)N=C1c1ccccc1. The molecule has 0 bridgehead atoms. The fourth-order valence-corrected chi connectivity index (χ4v) is 3.28. The van der Waals surface area contributed by atoms with Gasteiger partial charge in [-0.1, -0.05) is 72.8 Å². The van der Waals surface area contributed by atoms with Crippen molar-refractivity contribution >= 4 is 34.4 Å². The topological polar surface area (TPSA) is 58.7 Å². The van der Waals surface area contributed by atoms with Gasteiger partial charge in [-0.3, -0.25) is 0 Å². The van der Waals surface area contributed by atoms with Crippen LogP contribution in [0.3, 0.4) is 0 Å². The number of para-hydroxylation sites is 1. The molecule has 0 atom stereocenters. The summed E-state index contributed by atoms with van der Waals surface area (Å²) in [5, 5.41) is 9.39. The summed E-state index contributed by atoms with van der Waals surface area (Å²) in [4.78, 5) is 9.08. The lowest BCUT2D eigenvalue weighted by Crippen LogP contribution is -2.34. The van der Waals surface area contributed by atoms with E-state index in [2.05, 4.69) is 20.2 Å². The maximum Gasteiger partial charge on any atom is 0.219 e. The second-order valence-corrected chi connectivity index (χ2v) is 6.66. The molecule has 1 aliphatic rings. The van der Waals surface area contributed by atoms with E-state index in [0.717, 1.165) is 22.6 Å². The number of hydrogen-bond acceptors (Lipinski definition) is 4. The molecule has 0 N–H and O–H groups in total. The lowest BCUT2D eigenvalue weighted by Gasteiger charge is -2.21. The van der Waals surface area contributed by atoms with Crippen LogP contribution in [0.15, 0.2) is 105 Å². The van der Waals surface area contributed by atoms with Crippen LogP contribution in [0, 0.1) is 0 Å². The van der Waals surface area contributed by atoms with E-state index in [9.17, 15) is 0 Å². The first-order valence-electron chi connectivity index (χ1n) is 9.12. The van der Waals surface area contributed by atoms with Crippen LogP contribution in [0.2, 0.25) is 0 Å². The molecule has 0 fully saturated rings. The Labute approximate surface area is 174 Å². The van der Waals surface area contributed by atoms with Crippen molar-refractivity contribution in [2.45, 2.75) is 6.04 Å². The Hall–Kier alpha value is -3.51. The van der Waals surface area contributed by atoms with Gasteiger partial charge in [0.15, 0.2) is 6.04 Å². The highest BCUT2D eigenvalue weighted by molar-refractivity contribution is 7.80. The molecule has 29 heavy (non-hydrogen) atoms. The zero-order valence-corrected chi connectivity index (χ0v) is 16.6. The van der Waals surface area contributed by atoms with Gasteiger partial charge in [0.2, 0.25) is 5.11 Å². The van der Waals surface area contributed by atoms with E-state index in [1.807, 2.05) is 84.9 Å². The number of azo groups is 1. The monoisotopic (exact) mass is 398 g/mol. The molecular formula is C23H18N4OS. The van der Waals surface area contributed by atoms with Crippen molar-refractivity contribution in [3.8, 4) is 5.75 Å². The van der Waals surface area contributed by atoms with Gasteiger partial charge >= 0.3 is 0 Å². The lowest BCUT2D eigenvalue weighted by atomic mass is 9.94. The third kappa shape index (κ3) is 4.17. The van der Waals surface area contributed by atoms with Crippen LogP contribution >= 0.6 is 12.2 Å². The molecule has 0 spiro atoms. The molecule has 0 unspecified atom stereocenters. The molecular weight excluding hydrogens is 380 g/mol. The zero-order valence-electron chi connectivity index (χ0n) is 15.8. The first-order valence-corrected chi connectivity index (χ1v) is 9.53. The maximum atomic E-state index is 5.39. The molecule has 0 saturated heterocycles. The lowest BCUT2D eigenvalue weighted by molar-refractivity contribution is 0.415. The predicted molar refractivity (Wildman–Crippen MR) is 120 cm³/mol. The summed E-state index contributed by atoms with van der Waals surface area (Å²) < 4.78 is 5.39. The van der Waals surface area contributed by atoms with Gasteiger partial charge in [-0.25, -0.2) is 9.98 Å². The first-order chi connectivity index (χ1) is 14.3. The van der Waals surface area contributed by atoms with Gasteiger partial charge < -0.3 is 4.74 Å². The minimum Gasteiger partial charge on any atom is -0.494 e. The van der Waals surface area contributed by atoms with Crippen molar-refractivity contribution in [1.29, 1.82) is 0 Å². The average molecular weight is 398 g/mol. The standard InChI is InChI=1S/C23H18N4OS/c1-28-19-15-9-8-14-18(19)26-27-22-20(16-10-4-2-5-11-16)24-23(29)25-21(22)17-12-6-3-7-13-17/h2-15,22H,1H3. The van der Waals surface area contributed by atoms with Crippen LogP contribution in [-0.2, 0) is 0 Å². The van der Waals surface area contributed by atoms with E-state index in [1.54, 1.807) is 7.11 Å². The van der Waals surface area contributed by atoms with Gasteiger partial charge in [0.05, 0.1) is 18.5 Å². The van der Waals surface area contributed by atoms with Crippen LogP contribution in [-0.4, -0.2) is 29.7 Å². The summed E-state index contributed by atoms with van der Waals surface area (Å²) >= 11 is 5.36. The molecule has 4 rings (SSSR count). The minimum atomic E-state index is -0.489. The van der Waals surface area contributed by atoms with Gasteiger partial charge in [0.1, 0.15) is 11.4 Å². The molecule has 0 aliphatic carbocycles. The number of hydrogen-bond donors (Lipinski definition) is 0. The van der Waals surface area contributed by atoms with E-state index in [1.165, 1.54) is 0 Å². The molecule has 1 heterocycles. The van der Waals surface area contributed by atoms with Gasteiger partial charge in [-0.05, 0) is 35.5 Å². The molecule has 142 valence electrons. The Morgan fingerprint density at radius 1 is 0.759 bits per heavy atom. The van der Waals surface area contributed by atoms with Gasteiger partial charge in [-0.15, -0.1) is 0 Å². The normalized spacial score (nSPS) is 14.6. The summed E-state index contributed by atoms with van der Waals surface area (Å²) in [6.45, 7) is 0. The fourth-order valence-electron chi connectivity index (χ4n) is 3.09. The van der Waals surface area contributed by atoms with Crippen molar-refractivity contribution in [2.75, 3.05) is 7.11 Å². The van der Waals surface area contributed by atoms with E-state index in [0.29, 0.717) is 11.4 Å². The molecule has 5 nitrogen and oxygen atoms in total. The van der Waals surface area contributed by atoms with Crippen LogP contribution in [0.25, 0.3) is 0 Å². The van der Waals surface area contributed by atoms with Crippen molar-refractivity contribution < 1.29 is 4.74 Å².